The molecule has 8 aliphatic rings. The van der Waals surface area contributed by atoms with E-state index in [4.69, 9.17) is 15.3 Å². The largest absolute Gasteiger partial charge is 0.326 e. The summed E-state index contributed by atoms with van der Waals surface area (Å²) in [4.78, 5) is 23.9. The fourth-order valence-corrected chi connectivity index (χ4v) is 9.78. The molecule has 0 heterocycles. The van der Waals surface area contributed by atoms with Gasteiger partial charge in [-0.2, -0.15) is 5.48 Å². The van der Waals surface area contributed by atoms with Crippen LogP contribution < -0.4 is 5.48 Å². The summed E-state index contributed by atoms with van der Waals surface area (Å²) in [5.41, 5.74) is 2.21. The molecule has 8 rings (SSSR count). The molecule has 0 aromatic rings. The Morgan fingerprint density at radius 1 is 0.793 bits per heavy atom. The van der Waals surface area contributed by atoms with Gasteiger partial charge >= 0.3 is 11.3 Å². The number of nitrogens with one attached hydrogen (secondary N) is 2. The first kappa shape index (κ1) is 18.8. The second-order valence-electron chi connectivity index (χ2n) is 11.5. The van der Waals surface area contributed by atoms with E-state index in [0.717, 1.165) is 35.5 Å². The molecule has 8 bridgehead atoms. The lowest BCUT2D eigenvalue weighted by molar-refractivity contribution is -0.276. The molecule has 8 saturated carbocycles. The summed E-state index contributed by atoms with van der Waals surface area (Å²) in [6, 6.07) is 0.107. The molecule has 0 aliphatic heterocycles. The van der Waals surface area contributed by atoms with Gasteiger partial charge in [0.1, 0.15) is 0 Å². The zero-order chi connectivity index (χ0) is 19.8. The maximum atomic E-state index is 11.1. The number of hydrogen-bond acceptors (Lipinski definition) is 4. The Morgan fingerprint density at radius 3 is 1.45 bits per heavy atom. The zero-order valence-electron chi connectivity index (χ0n) is 17.1. The second-order valence-corrected chi connectivity index (χ2v) is 11.9. The van der Waals surface area contributed by atoms with E-state index < -0.39 is 5.24 Å². The Kier molecular flexibility index (Phi) is 4.23. The van der Waals surface area contributed by atoms with Crippen LogP contribution in [0.5, 0.6) is 0 Å². The molecule has 2 N–H and O–H groups in total. The van der Waals surface area contributed by atoms with Gasteiger partial charge in [0.25, 0.3) is 0 Å². The first-order chi connectivity index (χ1) is 13.9. The van der Waals surface area contributed by atoms with Crippen LogP contribution in [-0.2, 0) is 9.88 Å². The molecule has 6 nitrogen and oxygen atoms in total. The fourth-order valence-electron chi connectivity index (χ4n) is 9.74. The SMILES string of the molecule is N=C(OONC(=O)S)N(C12CC3CC(CC(C3)C1)C2)C12CC3CC(CC(C3)C1)C2. The standard InChI is InChI=1S/C22H33N3O3S/c23-19(27-28-24-20(26)29)25(21-7-13-1-14(8-21)3-15(2-13)9-21)22-10-16-4-17(11-22)6-18(5-16)12-22/h13-18,23H,1-12H2,(H2,24,26,29). The number of nitrogens with zero attached hydrogens (tertiary/aromatic N) is 1. The van der Waals surface area contributed by atoms with Gasteiger partial charge in [0.05, 0.1) is 0 Å². The number of hydrogen-bond donors (Lipinski definition) is 3. The van der Waals surface area contributed by atoms with Crippen molar-refractivity contribution in [3.63, 3.8) is 0 Å². The van der Waals surface area contributed by atoms with E-state index >= 15 is 0 Å². The lowest BCUT2D eigenvalue weighted by Gasteiger charge is -2.68. The second kappa shape index (κ2) is 6.52. The van der Waals surface area contributed by atoms with Gasteiger partial charge in [-0.1, -0.05) is 17.6 Å². The molecular weight excluding hydrogens is 386 g/mol. The summed E-state index contributed by atoms with van der Waals surface area (Å²) in [5, 5.41) is 8.35. The number of rotatable bonds is 4. The van der Waals surface area contributed by atoms with Crippen molar-refractivity contribution >= 4 is 23.9 Å². The van der Waals surface area contributed by atoms with Crippen molar-refractivity contribution in [3.05, 3.63) is 0 Å². The highest BCUT2D eigenvalue weighted by atomic mass is 32.1. The highest BCUT2D eigenvalue weighted by molar-refractivity contribution is 7.96. The molecule has 8 fully saturated rings. The van der Waals surface area contributed by atoms with Crippen LogP contribution in [0.1, 0.15) is 77.0 Å². The van der Waals surface area contributed by atoms with Crippen LogP contribution in [0, 0.1) is 40.9 Å². The van der Waals surface area contributed by atoms with Crippen molar-refractivity contribution in [2.75, 3.05) is 0 Å². The summed E-state index contributed by atoms with van der Waals surface area (Å²) in [6.07, 6.45) is 15.5. The topological polar surface area (TPSA) is 74.6 Å². The Balaban J connectivity index is 1.35. The fraction of sp³-hybridized carbons (Fsp3) is 0.909. The van der Waals surface area contributed by atoms with E-state index in [-0.39, 0.29) is 17.1 Å². The zero-order valence-corrected chi connectivity index (χ0v) is 18.0. The molecule has 0 saturated heterocycles. The van der Waals surface area contributed by atoms with E-state index in [9.17, 15) is 4.79 Å². The quantitative estimate of drug-likeness (QED) is 0.204. The van der Waals surface area contributed by atoms with Crippen LogP contribution in [-0.4, -0.2) is 27.2 Å². The molecule has 0 aromatic heterocycles. The van der Waals surface area contributed by atoms with Crippen LogP contribution in [0.4, 0.5) is 4.79 Å². The van der Waals surface area contributed by atoms with Gasteiger partial charge in [-0.05, 0) is 113 Å². The molecular formula is C22H33N3O3S. The molecule has 0 spiro atoms. The summed E-state index contributed by atoms with van der Waals surface area (Å²) in [6.45, 7) is 0. The summed E-state index contributed by atoms with van der Waals surface area (Å²) in [5.74, 6) is 4.85. The normalized spacial score (nSPS) is 48.6. The van der Waals surface area contributed by atoms with Gasteiger partial charge in [0.15, 0.2) is 0 Å². The lowest BCUT2D eigenvalue weighted by atomic mass is 9.48. The predicted molar refractivity (Wildman–Crippen MR) is 111 cm³/mol. The minimum atomic E-state index is -0.617. The van der Waals surface area contributed by atoms with Crippen LogP contribution in [0.15, 0.2) is 0 Å². The first-order valence-corrected chi connectivity index (χ1v) is 12.1. The minimum Gasteiger partial charge on any atom is -0.313 e. The number of carbonyl (C=O) groups excluding carboxylic acids is 1. The third-order valence-electron chi connectivity index (χ3n) is 9.41. The van der Waals surface area contributed by atoms with E-state index in [1.807, 2.05) is 0 Å². The summed E-state index contributed by atoms with van der Waals surface area (Å²) >= 11 is 3.66. The Bertz CT molecular complexity index is 612. The third kappa shape index (κ3) is 3.01. The van der Waals surface area contributed by atoms with Gasteiger partial charge in [-0.15, -0.1) is 0 Å². The van der Waals surface area contributed by atoms with E-state index in [1.54, 1.807) is 0 Å². The van der Waals surface area contributed by atoms with E-state index in [1.165, 1.54) is 77.0 Å². The van der Waals surface area contributed by atoms with Gasteiger partial charge in [-0.3, -0.25) is 9.68 Å². The molecule has 8 aliphatic carbocycles. The highest BCUT2D eigenvalue weighted by Gasteiger charge is 2.63. The number of amidine groups is 1. The number of amides is 1. The smallest absolute Gasteiger partial charge is 0.313 e. The molecule has 160 valence electrons. The number of carbonyl (C=O) groups is 1. The van der Waals surface area contributed by atoms with Crippen molar-refractivity contribution in [1.82, 2.24) is 10.4 Å². The van der Waals surface area contributed by atoms with E-state index in [2.05, 4.69) is 23.0 Å². The van der Waals surface area contributed by atoms with Gasteiger partial charge in [0.2, 0.25) is 0 Å². The van der Waals surface area contributed by atoms with E-state index in [0.29, 0.717) is 0 Å². The Hall–Kier alpha value is -0.950. The Labute approximate surface area is 178 Å². The molecule has 0 unspecified atom stereocenters. The van der Waals surface area contributed by atoms with Gasteiger partial charge < -0.3 is 4.90 Å². The molecule has 0 atom stereocenters. The predicted octanol–water partition coefficient (Wildman–Crippen LogP) is 4.66. The highest BCUT2D eigenvalue weighted by Crippen LogP contribution is 2.64. The van der Waals surface area contributed by atoms with Crippen molar-refractivity contribution in [1.29, 1.82) is 5.41 Å². The molecule has 29 heavy (non-hydrogen) atoms. The molecule has 0 radical (unpaired) electrons. The maximum absolute atomic E-state index is 11.1. The van der Waals surface area contributed by atoms with Crippen molar-refractivity contribution in [2.45, 2.75) is 88.1 Å². The molecule has 7 heteroatoms. The number of hydroxylamine groups is 1. The van der Waals surface area contributed by atoms with Crippen LogP contribution in [0.25, 0.3) is 0 Å². The number of thiol groups is 1. The molecule has 1 amide bonds. The van der Waals surface area contributed by atoms with Crippen molar-refractivity contribution in [2.24, 2.45) is 35.5 Å². The van der Waals surface area contributed by atoms with Crippen molar-refractivity contribution < 1.29 is 14.7 Å². The Morgan fingerprint density at radius 2 is 1.14 bits per heavy atom. The average Bonchev–Trinajstić information content (AvgIpc) is 2.58. The van der Waals surface area contributed by atoms with Crippen LogP contribution in [0.3, 0.4) is 0 Å². The van der Waals surface area contributed by atoms with Gasteiger partial charge in [0, 0.05) is 11.1 Å². The van der Waals surface area contributed by atoms with Gasteiger partial charge in [-0.25, -0.2) is 5.41 Å². The minimum absolute atomic E-state index is 0.0475. The van der Waals surface area contributed by atoms with Crippen molar-refractivity contribution in [3.8, 4) is 0 Å². The third-order valence-corrected chi connectivity index (χ3v) is 9.50. The summed E-state index contributed by atoms with van der Waals surface area (Å²) < 4.78 is 0. The molecule has 0 aromatic carbocycles. The lowest BCUT2D eigenvalue weighted by Crippen LogP contribution is -2.72. The monoisotopic (exact) mass is 419 g/mol. The first-order valence-electron chi connectivity index (χ1n) is 11.6. The maximum Gasteiger partial charge on any atom is 0.326 e. The summed E-state index contributed by atoms with van der Waals surface area (Å²) in [7, 11) is 0. The van der Waals surface area contributed by atoms with Crippen LogP contribution >= 0.6 is 12.6 Å². The van der Waals surface area contributed by atoms with Crippen LogP contribution in [0.2, 0.25) is 0 Å². The average molecular weight is 420 g/mol.